The number of carbonyl (C=O) groups excluding carboxylic acids is 1. The molecule has 1 heterocycles. The van der Waals surface area contributed by atoms with Crippen LogP contribution in [0.15, 0.2) is 39.8 Å². The second kappa shape index (κ2) is 7.88. The van der Waals surface area contributed by atoms with E-state index in [1.54, 1.807) is 25.1 Å². The maximum Gasteiger partial charge on any atom is 0.319 e. The minimum absolute atomic E-state index is 0.0170. The maximum absolute atomic E-state index is 12.4. The zero-order valence-corrected chi connectivity index (χ0v) is 15.3. The Labute approximate surface area is 152 Å². The minimum atomic E-state index is -3.53. The SMILES string of the molecule is Cc1cc(CNC(=O)Nc2ccc(S(=O)(=O)NC3CCCC3)cc2)on1. The van der Waals surface area contributed by atoms with E-state index in [1.165, 1.54) is 12.1 Å². The van der Waals surface area contributed by atoms with E-state index in [4.69, 9.17) is 4.52 Å². The molecule has 1 fully saturated rings. The van der Waals surface area contributed by atoms with Crippen LogP contribution in [0.5, 0.6) is 0 Å². The highest BCUT2D eigenvalue weighted by molar-refractivity contribution is 7.89. The van der Waals surface area contributed by atoms with Crippen LogP contribution in [-0.4, -0.2) is 25.6 Å². The minimum Gasteiger partial charge on any atom is -0.359 e. The lowest BCUT2D eigenvalue weighted by molar-refractivity contribution is 0.250. The van der Waals surface area contributed by atoms with Crippen LogP contribution in [0.25, 0.3) is 0 Å². The molecule has 140 valence electrons. The van der Waals surface area contributed by atoms with Gasteiger partial charge in [0.1, 0.15) is 0 Å². The van der Waals surface area contributed by atoms with Crippen molar-refractivity contribution in [2.45, 2.75) is 50.1 Å². The monoisotopic (exact) mass is 378 g/mol. The van der Waals surface area contributed by atoms with Crippen LogP contribution in [0.3, 0.4) is 0 Å². The van der Waals surface area contributed by atoms with Gasteiger partial charge in [-0.15, -0.1) is 0 Å². The zero-order valence-electron chi connectivity index (χ0n) is 14.5. The van der Waals surface area contributed by atoms with Crippen molar-refractivity contribution >= 4 is 21.7 Å². The first-order valence-electron chi connectivity index (χ1n) is 8.52. The molecule has 0 aliphatic heterocycles. The van der Waals surface area contributed by atoms with Crippen molar-refractivity contribution in [2.24, 2.45) is 0 Å². The number of hydrogen-bond acceptors (Lipinski definition) is 5. The zero-order chi connectivity index (χ0) is 18.6. The fourth-order valence-corrected chi connectivity index (χ4v) is 4.20. The lowest BCUT2D eigenvalue weighted by Gasteiger charge is -2.13. The van der Waals surface area contributed by atoms with E-state index >= 15 is 0 Å². The predicted molar refractivity (Wildman–Crippen MR) is 96.1 cm³/mol. The molecule has 1 saturated carbocycles. The van der Waals surface area contributed by atoms with Crippen LogP contribution in [0.2, 0.25) is 0 Å². The van der Waals surface area contributed by atoms with Crippen LogP contribution in [0, 0.1) is 6.92 Å². The molecule has 0 spiro atoms. The van der Waals surface area contributed by atoms with E-state index in [1.807, 2.05) is 0 Å². The van der Waals surface area contributed by atoms with Crippen LogP contribution in [0.4, 0.5) is 10.5 Å². The number of sulfonamides is 1. The summed E-state index contributed by atoms with van der Waals surface area (Å²) in [6, 6.07) is 7.40. The number of nitrogens with one attached hydrogen (secondary N) is 3. The third-order valence-electron chi connectivity index (χ3n) is 4.20. The van der Waals surface area contributed by atoms with Gasteiger partial charge in [-0.05, 0) is 44.0 Å². The van der Waals surface area contributed by atoms with E-state index in [9.17, 15) is 13.2 Å². The number of carbonyl (C=O) groups is 1. The first-order chi connectivity index (χ1) is 12.4. The number of nitrogens with zero attached hydrogens (tertiary/aromatic N) is 1. The Hall–Kier alpha value is -2.39. The van der Waals surface area contributed by atoms with Crippen LogP contribution < -0.4 is 15.4 Å². The largest absolute Gasteiger partial charge is 0.359 e. The Morgan fingerprint density at radius 2 is 1.92 bits per heavy atom. The maximum atomic E-state index is 12.4. The highest BCUT2D eigenvalue weighted by Crippen LogP contribution is 2.21. The summed E-state index contributed by atoms with van der Waals surface area (Å²) < 4.78 is 32.4. The summed E-state index contributed by atoms with van der Waals surface area (Å²) in [5, 5.41) is 9.02. The highest BCUT2D eigenvalue weighted by Gasteiger charge is 2.22. The Morgan fingerprint density at radius 1 is 1.23 bits per heavy atom. The average molecular weight is 378 g/mol. The molecule has 8 nitrogen and oxygen atoms in total. The molecule has 1 aromatic heterocycles. The van der Waals surface area contributed by atoms with E-state index < -0.39 is 16.1 Å². The first kappa shape index (κ1) is 18.4. The van der Waals surface area contributed by atoms with Crippen LogP contribution in [0.1, 0.15) is 37.1 Å². The van der Waals surface area contributed by atoms with E-state index in [0.717, 1.165) is 31.4 Å². The van der Waals surface area contributed by atoms with Gasteiger partial charge in [0.25, 0.3) is 0 Å². The Bertz CT molecular complexity index is 855. The van der Waals surface area contributed by atoms with Gasteiger partial charge in [0.05, 0.1) is 17.1 Å². The fraction of sp³-hybridized carbons (Fsp3) is 0.412. The van der Waals surface area contributed by atoms with Crippen LogP contribution >= 0.6 is 0 Å². The molecule has 2 aromatic rings. The number of aromatic nitrogens is 1. The van der Waals surface area contributed by atoms with E-state index in [0.29, 0.717) is 11.4 Å². The smallest absolute Gasteiger partial charge is 0.319 e. The van der Waals surface area contributed by atoms with Crippen molar-refractivity contribution in [3.8, 4) is 0 Å². The van der Waals surface area contributed by atoms with Crippen molar-refractivity contribution < 1.29 is 17.7 Å². The number of benzene rings is 1. The molecule has 0 saturated heterocycles. The lowest BCUT2D eigenvalue weighted by atomic mass is 10.3. The number of hydrogen-bond donors (Lipinski definition) is 3. The van der Waals surface area contributed by atoms with Gasteiger partial charge in [0.15, 0.2) is 5.76 Å². The van der Waals surface area contributed by atoms with Crippen molar-refractivity contribution in [1.29, 1.82) is 0 Å². The van der Waals surface area contributed by atoms with Crippen molar-refractivity contribution in [1.82, 2.24) is 15.2 Å². The van der Waals surface area contributed by atoms with Gasteiger partial charge >= 0.3 is 6.03 Å². The summed E-state index contributed by atoms with van der Waals surface area (Å²) in [5.41, 5.74) is 1.24. The molecule has 1 aromatic carbocycles. The molecule has 3 N–H and O–H groups in total. The number of aryl methyl sites for hydroxylation is 1. The fourth-order valence-electron chi connectivity index (χ4n) is 2.89. The number of amides is 2. The highest BCUT2D eigenvalue weighted by atomic mass is 32.2. The normalized spacial score (nSPS) is 15.1. The quantitative estimate of drug-likeness (QED) is 0.715. The molecule has 0 unspecified atom stereocenters. The number of anilines is 1. The van der Waals surface area contributed by atoms with Gasteiger partial charge in [-0.3, -0.25) is 0 Å². The molecular formula is C17H22N4O4S. The molecule has 0 radical (unpaired) electrons. The summed E-state index contributed by atoms with van der Waals surface area (Å²) in [4.78, 5) is 12.1. The molecule has 9 heteroatoms. The van der Waals surface area contributed by atoms with Crippen molar-refractivity contribution in [3.05, 3.63) is 41.8 Å². The molecule has 0 atom stereocenters. The Kier molecular flexibility index (Phi) is 5.58. The summed E-state index contributed by atoms with van der Waals surface area (Å²) in [6.07, 6.45) is 3.87. The predicted octanol–water partition coefficient (Wildman–Crippen LogP) is 2.53. The molecular weight excluding hydrogens is 356 g/mol. The Morgan fingerprint density at radius 3 is 2.54 bits per heavy atom. The first-order valence-corrected chi connectivity index (χ1v) is 10.0. The molecule has 1 aliphatic rings. The number of urea groups is 1. The third-order valence-corrected chi connectivity index (χ3v) is 5.74. The van der Waals surface area contributed by atoms with Gasteiger partial charge in [-0.25, -0.2) is 17.9 Å². The third kappa shape index (κ3) is 4.83. The van der Waals surface area contributed by atoms with Gasteiger partial charge in [-0.1, -0.05) is 18.0 Å². The van der Waals surface area contributed by atoms with E-state index in [-0.39, 0.29) is 17.5 Å². The molecule has 1 aliphatic carbocycles. The average Bonchev–Trinajstić information content (AvgIpc) is 3.25. The summed E-state index contributed by atoms with van der Waals surface area (Å²) in [6.45, 7) is 2.01. The topological polar surface area (TPSA) is 113 Å². The molecule has 0 bridgehead atoms. The lowest BCUT2D eigenvalue weighted by Crippen LogP contribution is -2.32. The standard InChI is InChI=1S/C17H22N4O4S/c1-12-10-15(25-20-12)11-18-17(22)19-13-6-8-16(9-7-13)26(23,24)21-14-4-2-3-5-14/h6-10,14,21H,2-5,11H2,1H3,(H2,18,19,22). The molecule has 26 heavy (non-hydrogen) atoms. The van der Waals surface area contributed by atoms with Crippen LogP contribution in [-0.2, 0) is 16.6 Å². The summed E-state index contributed by atoms with van der Waals surface area (Å²) in [5.74, 6) is 0.553. The number of rotatable bonds is 6. The van der Waals surface area contributed by atoms with Gasteiger partial charge in [0.2, 0.25) is 10.0 Å². The van der Waals surface area contributed by atoms with Crippen molar-refractivity contribution in [2.75, 3.05) is 5.32 Å². The van der Waals surface area contributed by atoms with Crippen molar-refractivity contribution in [3.63, 3.8) is 0 Å². The Balaban J connectivity index is 1.54. The van der Waals surface area contributed by atoms with Gasteiger partial charge < -0.3 is 15.2 Å². The van der Waals surface area contributed by atoms with E-state index in [2.05, 4.69) is 20.5 Å². The van der Waals surface area contributed by atoms with Gasteiger partial charge in [0, 0.05) is 17.8 Å². The molecule has 3 rings (SSSR count). The second-order valence-electron chi connectivity index (χ2n) is 6.37. The second-order valence-corrected chi connectivity index (χ2v) is 8.08. The summed E-state index contributed by atoms with van der Waals surface area (Å²) >= 11 is 0. The molecule has 2 amide bonds. The summed E-state index contributed by atoms with van der Waals surface area (Å²) in [7, 11) is -3.53. The van der Waals surface area contributed by atoms with Gasteiger partial charge in [-0.2, -0.15) is 0 Å².